The second-order valence-corrected chi connectivity index (χ2v) is 11.2. The SMILES string of the molecule is COc1nc(-c2cc(F)cc(-c3cc(F)cc(NC(=O)c4ccnn(C)c4=O)c3Cl)c2Cl)ccc1CNC1CCCC[C@@H]1O. The van der Waals surface area contributed by atoms with Gasteiger partial charge in [-0.05, 0) is 49.2 Å². The fourth-order valence-electron chi connectivity index (χ4n) is 5.24. The second kappa shape index (κ2) is 13.4. The summed E-state index contributed by atoms with van der Waals surface area (Å²) in [5.74, 6) is -2.02. The van der Waals surface area contributed by atoms with Gasteiger partial charge in [0.1, 0.15) is 17.2 Å². The van der Waals surface area contributed by atoms with Gasteiger partial charge < -0.3 is 20.5 Å². The van der Waals surface area contributed by atoms with Gasteiger partial charge in [-0.15, -0.1) is 0 Å². The molecule has 13 heteroatoms. The lowest BCUT2D eigenvalue weighted by Gasteiger charge is -2.28. The molecule has 0 bridgehead atoms. The molecular formula is C31H29Cl2F2N5O4. The van der Waals surface area contributed by atoms with E-state index >= 15 is 4.39 Å². The third-order valence-corrected chi connectivity index (χ3v) is 8.37. The van der Waals surface area contributed by atoms with Gasteiger partial charge in [-0.25, -0.2) is 18.4 Å². The van der Waals surface area contributed by atoms with E-state index in [2.05, 4.69) is 20.7 Å². The Morgan fingerprint density at radius 1 is 1.05 bits per heavy atom. The van der Waals surface area contributed by atoms with Gasteiger partial charge in [-0.3, -0.25) is 9.59 Å². The molecule has 1 fully saturated rings. The van der Waals surface area contributed by atoms with Gasteiger partial charge in [0.05, 0.1) is 34.6 Å². The zero-order chi connectivity index (χ0) is 31.5. The maximum atomic E-state index is 15.0. The lowest BCUT2D eigenvalue weighted by Crippen LogP contribution is -2.41. The minimum atomic E-state index is -0.832. The van der Waals surface area contributed by atoms with E-state index in [1.165, 1.54) is 32.5 Å². The minimum Gasteiger partial charge on any atom is -0.481 e. The fraction of sp³-hybridized carbons (Fsp3) is 0.290. The van der Waals surface area contributed by atoms with Crippen LogP contribution in [0.3, 0.4) is 0 Å². The Morgan fingerprint density at radius 2 is 1.73 bits per heavy atom. The van der Waals surface area contributed by atoms with Crippen LogP contribution < -0.4 is 20.9 Å². The molecule has 1 unspecified atom stereocenters. The molecule has 1 aliphatic rings. The molecule has 0 aliphatic heterocycles. The Morgan fingerprint density at radius 3 is 2.45 bits per heavy atom. The van der Waals surface area contributed by atoms with Crippen LogP contribution in [0.2, 0.25) is 10.0 Å². The monoisotopic (exact) mass is 643 g/mol. The van der Waals surface area contributed by atoms with Crippen LogP contribution in [0.15, 0.2) is 53.5 Å². The number of hydrogen-bond acceptors (Lipinski definition) is 7. The summed E-state index contributed by atoms with van der Waals surface area (Å²) in [5.41, 5.74) is 0.257. The quantitative estimate of drug-likeness (QED) is 0.224. The molecule has 1 amide bonds. The Kier molecular flexibility index (Phi) is 9.59. The Labute approximate surface area is 261 Å². The molecule has 2 aromatic carbocycles. The predicted molar refractivity (Wildman–Crippen MR) is 164 cm³/mol. The second-order valence-electron chi connectivity index (χ2n) is 10.5. The minimum absolute atomic E-state index is 0.00849. The molecule has 4 aromatic rings. The zero-order valence-electron chi connectivity index (χ0n) is 23.8. The molecule has 3 N–H and O–H groups in total. The molecule has 2 heterocycles. The molecule has 0 saturated heterocycles. The van der Waals surface area contributed by atoms with Gasteiger partial charge in [0.25, 0.3) is 11.5 Å². The number of methoxy groups -OCH3 is 1. The number of aliphatic hydroxyl groups excluding tert-OH is 1. The summed E-state index contributed by atoms with van der Waals surface area (Å²) in [4.78, 5) is 29.7. The fourth-order valence-corrected chi connectivity index (χ4v) is 5.80. The smallest absolute Gasteiger partial charge is 0.279 e. The number of nitrogens with zero attached hydrogens (tertiary/aromatic N) is 3. The highest BCUT2D eigenvalue weighted by Crippen LogP contribution is 2.42. The van der Waals surface area contributed by atoms with Gasteiger partial charge in [-0.2, -0.15) is 5.10 Å². The summed E-state index contributed by atoms with van der Waals surface area (Å²) < 4.78 is 36.4. The average molecular weight is 645 g/mol. The van der Waals surface area contributed by atoms with Crippen LogP contribution in [-0.2, 0) is 13.6 Å². The van der Waals surface area contributed by atoms with E-state index in [0.717, 1.165) is 54.1 Å². The van der Waals surface area contributed by atoms with E-state index in [9.17, 15) is 19.1 Å². The van der Waals surface area contributed by atoms with Crippen LogP contribution in [0, 0.1) is 11.6 Å². The summed E-state index contributed by atoms with van der Waals surface area (Å²) in [6.07, 6.45) is 4.51. The normalized spacial score (nSPS) is 16.5. The maximum absolute atomic E-state index is 15.0. The van der Waals surface area contributed by atoms with Gasteiger partial charge in [0, 0.05) is 48.1 Å². The van der Waals surface area contributed by atoms with E-state index in [0.29, 0.717) is 18.1 Å². The van der Waals surface area contributed by atoms with Gasteiger partial charge in [0.15, 0.2) is 0 Å². The van der Waals surface area contributed by atoms with Gasteiger partial charge in [0.2, 0.25) is 5.88 Å². The number of carbonyl (C=O) groups is 1. The van der Waals surface area contributed by atoms with E-state index < -0.39 is 29.2 Å². The first-order valence-electron chi connectivity index (χ1n) is 13.8. The number of carbonyl (C=O) groups excluding carboxylic acids is 1. The van der Waals surface area contributed by atoms with Crippen molar-refractivity contribution in [3.8, 4) is 28.3 Å². The number of hydrogen-bond donors (Lipinski definition) is 3. The number of aryl methyl sites for hydroxylation is 1. The number of halogens is 4. The Balaban J connectivity index is 1.48. The number of ether oxygens (including phenoxy) is 1. The van der Waals surface area contributed by atoms with Crippen LogP contribution in [0.25, 0.3) is 22.4 Å². The molecule has 2 atom stereocenters. The van der Waals surface area contributed by atoms with Crippen LogP contribution in [-0.4, -0.2) is 45.0 Å². The van der Waals surface area contributed by atoms with E-state index in [-0.39, 0.29) is 44.0 Å². The highest BCUT2D eigenvalue weighted by Gasteiger charge is 2.24. The highest BCUT2D eigenvalue weighted by atomic mass is 35.5. The number of anilines is 1. The van der Waals surface area contributed by atoms with Crippen molar-refractivity contribution < 1.29 is 23.4 Å². The summed E-state index contributed by atoms with van der Waals surface area (Å²) in [6, 6.07) is 8.97. The molecule has 2 aromatic heterocycles. The number of nitrogens with one attached hydrogen (secondary N) is 2. The average Bonchev–Trinajstić information content (AvgIpc) is 3.00. The Bertz CT molecular complexity index is 1790. The summed E-state index contributed by atoms with van der Waals surface area (Å²) >= 11 is 13.4. The molecule has 230 valence electrons. The first kappa shape index (κ1) is 31.5. The van der Waals surface area contributed by atoms with Crippen LogP contribution >= 0.6 is 23.2 Å². The van der Waals surface area contributed by atoms with Crippen molar-refractivity contribution in [1.29, 1.82) is 0 Å². The van der Waals surface area contributed by atoms with Crippen molar-refractivity contribution in [2.75, 3.05) is 12.4 Å². The maximum Gasteiger partial charge on any atom is 0.279 e. The zero-order valence-corrected chi connectivity index (χ0v) is 25.3. The highest BCUT2D eigenvalue weighted by molar-refractivity contribution is 6.39. The molecule has 1 aliphatic carbocycles. The lowest BCUT2D eigenvalue weighted by molar-refractivity contribution is 0.0901. The first-order valence-corrected chi connectivity index (χ1v) is 14.6. The number of aromatic nitrogens is 3. The van der Waals surface area contributed by atoms with Gasteiger partial charge >= 0.3 is 0 Å². The number of benzene rings is 2. The van der Waals surface area contributed by atoms with Crippen molar-refractivity contribution in [1.82, 2.24) is 20.1 Å². The Hall–Kier alpha value is -3.90. The summed E-state index contributed by atoms with van der Waals surface area (Å²) in [5, 5.41) is 19.8. The third kappa shape index (κ3) is 6.61. The van der Waals surface area contributed by atoms with Gasteiger partial charge in [-0.1, -0.05) is 42.1 Å². The molecule has 9 nitrogen and oxygen atoms in total. The summed E-state index contributed by atoms with van der Waals surface area (Å²) in [6.45, 7) is 0.402. The van der Waals surface area contributed by atoms with E-state index in [1.54, 1.807) is 12.1 Å². The summed E-state index contributed by atoms with van der Waals surface area (Å²) in [7, 11) is 2.85. The van der Waals surface area contributed by atoms with Crippen molar-refractivity contribution in [2.45, 2.75) is 44.4 Å². The van der Waals surface area contributed by atoms with Crippen molar-refractivity contribution >= 4 is 34.8 Å². The number of amides is 1. The van der Waals surface area contributed by atoms with Crippen molar-refractivity contribution in [2.24, 2.45) is 7.05 Å². The predicted octanol–water partition coefficient (Wildman–Crippen LogP) is 5.75. The number of pyridine rings is 1. The molecular weight excluding hydrogens is 615 g/mol. The standard InChI is InChI=1S/C31H29Cl2F2N5O4/c1-40-31(43)19(9-10-37-40)29(42)38-25-14-18(35)12-21(28(25)33)20-11-17(34)13-22(27(20)32)23-8-7-16(30(39-23)44-2)15-36-24-5-3-4-6-26(24)41/h7-14,24,26,36,41H,3-6,15H2,1-2H3,(H,38,42)/t24?,26-/m0/s1. The topological polar surface area (TPSA) is 118 Å². The van der Waals surface area contributed by atoms with E-state index in [1.807, 2.05) is 0 Å². The number of rotatable bonds is 8. The van der Waals surface area contributed by atoms with Crippen LogP contribution in [0.1, 0.15) is 41.6 Å². The molecule has 5 rings (SSSR count). The van der Waals surface area contributed by atoms with Crippen molar-refractivity contribution in [3.05, 3.63) is 91.8 Å². The number of aliphatic hydroxyl groups is 1. The van der Waals surface area contributed by atoms with Crippen molar-refractivity contribution in [3.63, 3.8) is 0 Å². The molecule has 0 spiro atoms. The van der Waals surface area contributed by atoms with E-state index in [4.69, 9.17) is 27.9 Å². The first-order chi connectivity index (χ1) is 21.1. The largest absolute Gasteiger partial charge is 0.481 e. The third-order valence-electron chi connectivity index (χ3n) is 7.56. The van der Waals surface area contributed by atoms with Crippen LogP contribution in [0.5, 0.6) is 5.88 Å². The van der Waals surface area contributed by atoms with Crippen LogP contribution in [0.4, 0.5) is 14.5 Å². The lowest BCUT2D eigenvalue weighted by atomic mass is 9.92. The molecule has 0 radical (unpaired) electrons. The molecule has 44 heavy (non-hydrogen) atoms. The molecule has 1 saturated carbocycles.